The van der Waals surface area contributed by atoms with E-state index in [0.717, 1.165) is 68.5 Å². The lowest BCUT2D eigenvalue weighted by Gasteiger charge is -2.43. The van der Waals surface area contributed by atoms with E-state index in [1.54, 1.807) is 11.1 Å². The number of hydrogen-bond acceptors (Lipinski definition) is 5. The Labute approximate surface area is 206 Å². The number of hydrogen-bond donors (Lipinski definition) is 2. The van der Waals surface area contributed by atoms with E-state index < -0.39 is 6.09 Å². The largest absolute Gasteiger partial charge is 0.465 e. The normalized spacial score (nSPS) is 22.6. The summed E-state index contributed by atoms with van der Waals surface area (Å²) in [5, 5.41) is 14.0. The van der Waals surface area contributed by atoms with Crippen molar-refractivity contribution in [2.45, 2.75) is 63.2 Å². The van der Waals surface area contributed by atoms with Crippen LogP contribution in [0.5, 0.6) is 0 Å². The van der Waals surface area contributed by atoms with Gasteiger partial charge < -0.3 is 19.7 Å². The molecule has 2 aliphatic rings. The molecule has 2 aromatic carbocycles. The van der Waals surface area contributed by atoms with Gasteiger partial charge in [-0.3, -0.25) is 4.90 Å². The molecule has 3 atom stereocenters. The maximum absolute atomic E-state index is 12.3. The molecule has 0 spiro atoms. The van der Waals surface area contributed by atoms with Gasteiger partial charge in [-0.05, 0) is 55.5 Å². The minimum absolute atomic E-state index is 0.00183. The van der Waals surface area contributed by atoms with Gasteiger partial charge in [0.15, 0.2) is 12.2 Å². The Hall–Kier alpha value is -3.32. The van der Waals surface area contributed by atoms with E-state index in [0.29, 0.717) is 12.6 Å². The molecular formula is C28H34N4O3. The van der Waals surface area contributed by atoms with Crippen LogP contribution in [0.2, 0.25) is 0 Å². The Bertz CT molecular complexity index is 1070. The van der Waals surface area contributed by atoms with E-state index >= 15 is 0 Å². The number of rotatable bonds is 7. The van der Waals surface area contributed by atoms with Crippen LogP contribution in [0, 0.1) is 0 Å². The molecular weight excluding hydrogens is 440 g/mol. The number of carbonyl (C=O) groups is 1. The van der Waals surface area contributed by atoms with Crippen LogP contribution in [0.3, 0.4) is 0 Å². The number of nitrogens with zero attached hydrogens (tertiary/aromatic N) is 3. The molecule has 3 aromatic rings. The lowest BCUT2D eigenvalue weighted by molar-refractivity contribution is 0.0874. The van der Waals surface area contributed by atoms with Crippen molar-refractivity contribution in [1.82, 2.24) is 15.2 Å². The number of amides is 1. The standard InChI is InChI=1S/C28H34N4O3/c33-28(34)32(18-21-7-2-1-3-8-21)26-11-5-4-10-25(26)30-23-9-6-16-31(19-23)24-14-12-22(13-15-24)27-17-29-20-35-27/h1-3,7-8,12-15,17,20,23,25-26,30H,4-6,9-11,16,18-19H2,(H,33,34)/t23-,25+,26+/m0/s1. The van der Waals surface area contributed by atoms with Crippen LogP contribution >= 0.6 is 0 Å². The maximum atomic E-state index is 12.3. The molecule has 2 fully saturated rings. The van der Waals surface area contributed by atoms with Gasteiger partial charge in [0.2, 0.25) is 0 Å². The van der Waals surface area contributed by atoms with Crippen molar-refractivity contribution in [3.05, 3.63) is 72.8 Å². The number of oxazole rings is 1. The zero-order chi connectivity index (χ0) is 24.0. The highest BCUT2D eigenvalue weighted by Crippen LogP contribution is 2.28. The molecule has 2 N–H and O–H groups in total. The van der Waals surface area contributed by atoms with Crippen LogP contribution in [0.1, 0.15) is 44.1 Å². The molecule has 35 heavy (non-hydrogen) atoms. The van der Waals surface area contributed by atoms with Gasteiger partial charge >= 0.3 is 6.09 Å². The SMILES string of the molecule is O=C(O)N(Cc1ccccc1)[C@@H]1CCCC[C@H]1N[C@H]1CCCN(c2ccc(-c3cnco3)cc2)C1. The zero-order valence-electron chi connectivity index (χ0n) is 20.1. The molecule has 1 saturated carbocycles. The van der Waals surface area contributed by atoms with Gasteiger partial charge in [-0.2, -0.15) is 0 Å². The minimum Gasteiger partial charge on any atom is -0.465 e. The van der Waals surface area contributed by atoms with Crippen molar-refractivity contribution >= 4 is 11.8 Å². The second-order valence-electron chi connectivity index (χ2n) is 9.72. The Balaban J connectivity index is 1.25. The van der Waals surface area contributed by atoms with Gasteiger partial charge in [-0.1, -0.05) is 43.2 Å². The summed E-state index contributed by atoms with van der Waals surface area (Å²) < 4.78 is 5.41. The molecule has 5 rings (SSSR count). The summed E-state index contributed by atoms with van der Waals surface area (Å²) in [6.45, 7) is 2.40. The topological polar surface area (TPSA) is 81.8 Å². The maximum Gasteiger partial charge on any atom is 0.407 e. The predicted molar refractivity (Wildman–Crippen MR) is 136 cm³/mol. The predicted octanol–water partition coefficient (Wildman–Crippen LogP) is 5.39. The molecule has 1 amide bonds. The molecule has 0 radical (unpaired) electrons. The second-order valence-corrected chi connectivity index (χ2v) is 9.72. The van der Waals surface area contributed by atoms with Crippen molar-refractivity contribution in [1.29, 1.82) is 0 Å². The van der Waals surface area contributed by atoms with Gasteiger partial charge in [-0.15, -0.1) is 0 Å². The number of benzene rings is 2. The summed E-state index contributed by atoms with van der Waals surface area (Å²) in [6.07, 6.45) is 8.74. The second kappa shape index (κ2) is 11.0. The van der Waals surface area contributed by atoms with Gasteiger partial charge in [0.05, 0.1) is 12.2 Å². The fourth-order valence-electron chi connectivity index (χ4n) is 5.63. The molecule has 0 bridgehead atoms. The fourth-order valence-corrected chi connectivity index (χ4v) is 5.63. The molecule has 7 nitrogen and oxygen atoms in total. The van der Waals surface area contributed by atoms with E-state index in [1.807, 2.05) is 30.3 Å². The first-order valence-electron chi connectivity index (χ1n) is 12.7. The van der Waals surface area contributed by atoms with E-state index in [9.17, 15) is 9.90 Å². The molecule has 184 valence electrons. The van der Waals surface area contributed by atoms with Gasteiger partial charge in [0.25, 0.3) is 0 Å². The van der Waals surface area contributed by atoms with Crippen LogP contribution in [-0.2, 0) is 6.54 Å². The highest BCUT2D eigenvalue weighted by atomic mass is 16.4. The highest BCUT2D eigenvalue weighted by molar-refractivity contribution is 5.65. The Morgan fingerprint density at radius 2 is 1.86 bits per heavy atom. The first-order valence-corrected chi connectivity index (χ1v) is 12.7. The van der Waals surface area contributed by atoms with Crippen LogP contribution in [0.4, 0.5) is 10.5 Å². The van der Waals surface area contributed by atoms with E-state index in [-0.39, 0.29) is 12.1 Å². The van der Waals surface area contributed by atoms with Gasteiger partial charge in [-0.25, -0.2) is 9.78 Å². The number of anilines is 1. The monoisotopic (exact) mass is 474 g/mol. The molecule has 1 saturated heterocycles. The van der Waals surface area contributed by atoms with E-state index in [4.69, 9.17) is 4.42 Å². The first-order chi connectivity index (χ1) is 17.2. The van der Waals surface area contributed by atoms with Crippen LogP contribution in [0.25, 0.3) is 11.3 Å². The summed E-state index contributed by atoms with van der Waals surface area (Å²) in [5.74, 6) is 0.775. The molecule has 7 heteroatoms. The summed E-state index contributed by atoms with van der Waals surface area (Å²) in [6, 6.07) is 18.9. The Kier molecular flexibility index (Phi) is 7.33. The van der Waals surface area contributed by atoms with Gasteiger partial charge in [0, 0.05) is 43.0 Å². The van der Waals surface area contributed by atoms with Crippen LogP contribution < -0.4 is 10.2 Å². The number of piperidine rings is 1. The van der Waals surface area contributed by atoms with Crippen molar-refractivity contribution in [2.75, 3.05) is 18.0 Å². The summed E-state index contributed by atoms with van der Waals surface area (Å²) in [7, 11) is 0. The highest BCUT2D eigenvalue weighted by Gasteiger charge is 2.35. The van der Waals surface area contributed by atoms with Crippen LogP contribution in [0.15, 0.2) is 71.6 Å². The third-order valence-corrected chi connectivity index (χ3v) is 7.39. The first kappa shape index (κ1) is 23.4. The van der Waals surface area contributed by atoms with Crippen molar-refractivity contribution in [3.8, 4) is 11.3 Å². The Morgan fingerprint density at radius 1 is 1.06 bits per heavy atom. The number of carboxylic acid groups (broad SMARTS) is 1. The average Bonchev–Trinajstić information content (AvgIpc) is 3.44. The molecule has 0 unspecified atom stereocenters. The smallest absolute Gasteiger partial charge is 0.407 e. The third kappa shape index (κ3) is 5.68. The third-order valence-electron chi connectivity index (χ3n) is 7.39. The molecule has 1 aromatic heterocycles. The summed E-state index contributed by atoms with van der Waals surface area (Å²) in [5.41, 5.74) is 3.27. The van der Waals surface area contributed by atoms with E-state index in [2.05, 4.69) is 39.5 Å². The average molecular weight is 475 g/mol. The van der Waals surface area contributed by atoms with E-state index in [1.165, 1.54) is 12.1 Å². The van der Waals surface area contributed by atoms with Crippen molar-refractivity contribution in [3.63, 3.8) is 0 Å². The molecule has 1 aliphatic carbocycles. The minimum atomic E-state index is -0.829. The van der Waals surface area contributed by atoms with Crippen molar-refractivity contribution in [2.24, 2.45) is 0 Å². The molecule has 2 heterocycles. The van der Waals surface area contributed by atoms with Gasteiger partial charge in [0.1, 0.15) is 0 Å². The summed E-state index contributed by atoms with van der Waals surface area (Å²) >= 11 is 0. The summed E-state index contributed by atoms with van der Waals surface area (Å²) in [4.78, 5) is 20.4. The quantitative estimate of drug-likeness (QED) is 0.478. The van der Waals surface area contributed by atoms with Crippen LogP contribution in [-0.4, -0.2) is 52.3 Å². The Morgan fingerprint density at radius 3 is 2.60 bits per heavy atom. The van der Waals surface area contributed by atoms with Crippen molar-refractivity contribution < 1.29 is 14.3 Å². The molecule has 1 aliphatic heterocycles. The number of aromatic nitrogens is 1. The fraction of sp³-hybridized carbons (Fsp3) is 0.429. The lowest BCUT2D eigenvalue weighted by Crippen LogP contribution is -2.58. The zero-order valence-corrected chi connectivity index (χ0v) is 20.1. The lowest BCUT2D eigenvalue weighted by atomic mass is 9.87. The number of nitrogens with one attached hydrogen (secondary N) is 1.